The number of hydrogen-bond acceptors (Lipinski definition) is 3. The van der Waals surface area contributed by atoms with Gasteiger partial charge in [-0.3, -0.25) is 14.4 Å². The van der Waals surface area contributed by atoms with Gasteiger partial charge in [-0.05, 0) is 48.7 Å². The van der Waals surface area contributed by atoms with Gasteiger partial charge in [0.15, 0.2) is 0 Å². The van der Waals surface area contributed by atoms with Crippen LogP contribution in [-0.2, 0) is 4.79 Å². The fourth-order valence-corrected chi connectivity index (χ4v) is 2.53. The van der Waals surface area contributed by atoms with E-state index in [1.54, 1.807) is 49.4 Å². The number of nitrogens with one attached hydrogen (secondary N) is 3. The van der Waals surface area contributed by atoms with Gasteiger partial charge in [-0.2, -0.15) is 0 Å². The highest BCUT2D eigenvalue weighted by Crippen LogP contribution is 2.18. The average molecular weight is 335 g/mol. The maximum absolute atomic E-state index is 12.4. The van der Waals surface area contributed by atoms with Gasteiger partial charge >= 0.3 is 0 Å². The van der Waals surface area contributed by atoms with Crippen LogP contribution in [0.15, 0.2) is 53.3 Å². The number of carbonyl (C=O) groups is 2. The predicted octanol–water partition coefficient (Wildman–Crippen LogP) is 3.05. The summed E-state index contributed by atoms with van der Waals surface area (Å²) in [7, 11) is 0. The number of pyridine rings is 1. The maximum Gasteiger partial charge on any atom is 0.255 e. The Hall–Kier alpha value is -3.41. The number of H-pyrrole nitrogens is 1. The van der Waals surface area contributed by atoms with Crippen LogP contribution >= 0.6 is 0 Å². The second kappa shape index (κ2) is 6.60. The smallest absolute Gasteiger partial charge is 0.255 e. The van der Waals surface area contributed by atoms with Crippen molar-refractivity contribution in [3.8, 4) is 0 Å². The van der Waals surface area contributed by atoms with Gasteiger partial charge in [0.2, 0.25) is 5.91 Å². The summed E-state index contributed by atoms with van der Waals surface area (Å²) in [6.45, 7) is 3.15. The van der Waals surface area contributed by atoms with Gasteiger partial charge in [0.25, 0.3) is 11.5 Å². The van der Waals surface area contributed by atoms with Gasteiger partial charge < -0.3 is 15.6 Å². The monoisotopic (exact) mass is 335 g/mol. The first-order valence-electron chi connectivity index (χ1n) is 7.75. The zero-order chi connectivity index (χ0) is 18.0. The van der Waals surface area contributed by atoms with Crippen LogP contribution in [0.2, 0.25) is 0 Å². The van der Waals surface area contributed by atoms with E-state index in [4.69, 9.17) is 0 Å². The summed E-state index contributed by atoms with van der Waals surface area (Å²) >= 11 is 0. The van der Waals surface area contributed by atoms with Crippen LogP contribution in [0.25, 0.3) is 10.9 Å². The largest absolute Gasteiger partial charge is 0.326 e. The van der Waals surface area contributed by atoms with E-state index in [0.29, 0.717) is 28.0 Å². The van der Waals surface area contributed by atoms with E-state index in [-0.39, 0.29) is 17.4 Å². The lowest BCUT2D eigenvalue weighted by Crippen LogP contribution is -2.13. The van der Waals surface area contributed by atoms with E-state index in [2.05, 4.69) is 15.6 Å². The van der Waals surface area contributed by atoms with Crippen molar-refractivity contribution in [2.75, 3.05) is 10.6 Å². The van der Waals surface area contributed by atoms with Gasteiger partial charge in [0.05, 0.1) is 5.52 Å². The van der Waals surface area contributed by atoms with Crippen molar-refractivity contribution in [2.24, 2.45) is 0 Å². The third kappa shape index (κ3) is 3.74. The van der Waals surface area contributed by atoms with Crippen LogP contribution in [0.4, 0.5) is 11.4 Å². The standard InChI is InChI=1S/C19H17N3O3/c1-11-8-13-6-7-16(10-17(13)22-18(11)24)21-19(25)14-4-3-5-15(9-14)20-12(2)23/h3-10H,1-2H3,(H,20,23)(H,21,25)(H,22,24). The molecule has 25 heavy (non-hydrogen) atoms. The molecule has 0 radical (unpaired) electrons. The maximum atomic E-state index is 12.4. The summed E-state index contributed by atoms with van der Waals surface area (Å²) in [4.78, 5) is 38.1. The Morgan fingerprint density at radius 3 is 2.48 bits per heavy atom. The Labute approximate surface area is 143 Å². The molecule has 0 spiro atoms. The molecule has 0 atom stereocenters. The Balaban J connectivity index is 1.85. The zero-order valence-electron chi connectivity index (χ0n) is 13.8. The van der Waals surface area contributed by atoms with Crippen molar-refractivity contribution in [1.29, 1.82) is 0 Å². The predicted molar refractivity (Wildman–Crippen MR) is 98.0 cm³/mol. The van der Waals surface area contributed by atoms with Gasteiger partial charge in [0, 0.05) is 29.4 Å². The molecule has 1 heterocycles. The molecule has 0 fully saturated rings. The molecule has 0 aliphatic carbocycles. The van der Waals surface area contributed by atoms with Crippen LogP contribution in [0.5, 0.6) is 0 Å². The molecular weight excluding hydrogens is 318 g/mol. The molecule has 0 bridgehead atoms. The first-order valence-corrected chi connectivity index (χ1v) is 7.75. The van der Waals surface area contributed by atoms with Crippen LogP contribution < -0.4 is 16.2 Å². The summed E-state index contributed by atoms with van der Waals surface area (Å²) in [5.41, 5.74) is 2.68. The Morgan fingerprint density at radius 2 is 1.72 bits per heavy atom. The minimum absolute atomic E-state index is 0.154. The molecule has 3 rings (SSSR count). The fourth-order valence-electron chi connectivity index (χ4n) is 2.53. The molecule has 0 aliphatic rings. The fraction of sp³-hybridized carbons (Fsp3) is 0.105. The second-order valence-electron chi connectivity index (χ2n) is 5.80. The van der Waals surface area contributed by atoms with Gasteiger partial charge in [-0.25, -0.2) is 0 Å². The minimum Gasteiger partial charge on any atom is -0.326 e. The molecule has 0 saturated heterocycles. The highest BCUT2D eigenvalue weighted by Gasteiger charge is 2.08. The lowest BCUT2D eigenvalue weighted by atomic mass is 10.1. The van der Waals surface area contributed by atoms with Crippen LogP contribution in [0.3, 0.4) is 0 Å². The van der Waals surface area contributed by atoms with E-state index in [1.165, 1.54) is 6.92 Å². The number of fused-ring (bicyclic) bond motifs is 1. The summed E-state index contributed by atoms with van der Waals surface area (Å²) in [5.74, 6) is -0.507. The number of amides is 2. The first kappa shape index (κ1) is 16.4. The minimum atomic E-state index is -0.305. The Kier molecular flexibility index (Phi) is 4.35. The molecule has 126 valence electrons. The van der Waals surface area contributed by atoms with E-state index in [0.717, 1.165) is 5.39 Å². The highest BCUT2D eigenvalue weighted by atomic mass is 16.2. The molecule has 3 aromatic rings. The number of aromatic amines is 1. The number of anilines is 2. The van der Waals surface area contributed by atoms with E-state index in [9.17, 15) is 14.4 Å². The van der Waals surface area contributed by atoms with E-state index < -0.39 is 0 Å². The number of aryl methyl sites for hydroxylation is 1. The van der Waals surface area contributed by atoms with Crippen molar-refractivity contribution in [3.05, 3.63) is 70.0 Å². The van der Waals surface area contributed by atoms with Crippen LogP contribution in [0.1, 0.15) is 22.8 Å². The first-order chi connectivity index (χ1) is 11.9. The number of carbonyl (C=O) groups excluding carboxylic acids is 2. The lowest BCUT2D eigenvalue weighted by Gasteiger charge is -2.08. The van der Waals surface area contributed by atoms with Crippen molar-refractivity contribution in [3.63, 3.8) is 0 Å². The number of benzene rings is 2. The highest BCUT2D eigenvalue weighted by molar-refractivity contribution is 6.06. The summed E-state index contributed by atoms with van der Waals surface area (Å²) < 4.78 is 0. The molecule has 6 nitrogen and oxygen atoms in total. The Morgan fingerprint density at radius 1 is 0.960 bits per heavy atom. The van der Waals surface area contributed by atoms with Gasteiger partial charge in [-0.1, -0.05) is 12.1 Å². The topological polar surface area (TPSA) is 91.1 Å². The third-order valence-electron chi connectivity index (χ3n) is 3.73. The summed E-state index contributed by atoms with van der Waals surface area (Å²) in [5, 5.41) is 6.32. The van der Waals surface area contributed by atoms with E-state index in [1.807, 2.05) is 6.07 Å². The van der Waals surface area contributed by atoms with Crippen molar-refractivity contribution in [2.45, 2.75) is 13.8 Å². The Bertz CT molecular complexity index is 1040. The molecule has 1 aromatic heterocycles. The van der Waals surface area contributed by atoms with Crippen LogP contribution in [-0.4, -0.2) is 16.8 Å². The summed E-state index contributed by atoms with van der Waals surface area (Å²) in [6.07, 6.45) is 0. The molecule has 3 N–H and O–H groups in total. The quantitative estimate of drug-likeness (QED) is 0.687. The normalized spacial score (nSPS) is 10.5. The molecule has 2 amide bonds. The SMILES string of the molecule is CC(=O)Nc1cccc(C(=O)Nc2ccc3cc(C)c(=O)[nH]c3c2)c1. The van der Waals surface area contributed by atoms with Crippen molar-refractivity contribution in [1.82, 2.24) is 4.98 Å². The van der Waals surface area contributed by atoms with Crippen LogP contribution in [0, 0.1) is 6.92 Å². The number of rotatable bonds is 3. The van der Waals surface area contributed by atoms with E-state index >= 15 is 0 Å². The third-order valence-corrected chi connectivity index (χ3v) is 3.73. The van der Waals surface area contributed by atoms with Crippen molar-refractivity contribution < 1.29 is 9.59 Å². The summed E-state index contributed by atoms with van der Waals surface area (Å²) in [6, 6.07) is 13.8. The van der Waals surface area contributed by atoms with Gasteiger partial charge in [0.1, 0.15) is 0 Å². The van der Waals surface area contributed by atoms with Gasteiger partial charge in [-0.15, -0.1) is 0 Å². The lowest BCUT2D eigenvalue weighted by molar-refractivity contribution is -0.114. The molecular formula is C19H17N3O3. The molecule has 2 aromatic carbocycles. The average Bonchev–Trinajstić information content (AvgIpc) is 2.56. The molecule has 6 heteroatoms. The van der Waals surface area contributed by atoms with Crippen molar-refractivity contribution >= 4 is 34.1 Å². The molecule has 0 unspecified atom stereocenters. The molecule has 0 aliphatic heterocycles. The number of hydrogen-bond donors (Lipinski definition) is 3. The zero-order valence-corrected chi connectivity index (χ0v) is 13.8. The number of aromatic nitrogens is 1. The second-order valence-corrected chi connectivity index (χ2v) is 5.80. The molecule has 0 saturated carbocycles.